The predicted molar refractivity (Wildman–Crippen MR) is 73.7 cm³/mol. The van der Waals surface area contributed by atoms with Gasteiger partial charge in [-0.1, -0.05) is 6.07 Å². The molecule has 0 atom stereocenters. The Morgan fingerprint density at radius 3 is 2.80 bits per heavy atom. The molecule has 0 aliphatic carbocycles. The van der Waals surface area contributed by atoms with Crippen LogP contribution in [0, 0.1) is 17.0 Å². The zero-order chi connectivity index (χ0) is 14.8. The van der Waals surface area contributed by atoms with Crippen LogP contribution in [0.5, 0.6) is 0 Å². The molecule has 1 heterocycles. The van der Waals surface area contributed by atoms with E-state index in [1.54, 1.807) is 19.1 Å². The van der Waals surface area contributed by atoms with E-state index in [0.29, 0.717) is 11.3 Å². The number of aryl methyl sites for hydroxylation is 1. The van der Waals surface area contributed by atoms with Crippen LogP contribution in [0.3, 0.4) is 0 Å². The summed E-state index contributed by atoms with van der Waals surface area (Å²) < 4.78 is 5.49. The molecule has 1 aliphatic heterocycles. The molecule has 1 aromatic rings. The molecule has 7 nitrogen and oxygen atoms in total. The van der Waals surface area contributed by atoms with Gasteiger partial charge in [0.1, 0.15) is 6.61 Å². The number of rotatable bonds is 5. The minimum absolute atomic E-state index is 0.0149. The first kappa shape index (κ1) is 14.4. The number of amides is 1. The first-order valence-electron chi connectivity index (χ1n) is 6.29. The Morgan fingerprint density at radius 1 is 1.55 bits per heavy atom. The third-order valence-electron chi connectivity index (χ3n) is 3.24. The van der Waals surface area contributed by atoms with E-state index in [9.17, 15) is 14.9 Å². The molecule has 1 saturated heterocycles. The lowest BCUT2D eigenvalue weighted by Crippen LogP contribution is -2.59. The SMILES string of the molecule is Cc1ccc(NC(=O)COC2(C)CNC2)cc1[N+](=O)[O-]. The van der Waals surface area contributed by atoms with Gasteiger partial charge in [0, 0.05) is 30.4 Å². The molecule has 0 bridgehead atoms. The number of nitro groups is 1. The van der Waals surface area contributed by atoms with Crippen LogP contribution in [0.2, 0.25) is 0 Å². The van der Waals surface area contributed by atoms with Gasteiger partial charge in [0.15, 0.2) is 0 Å². The highest BCUT2D eigenvalue weighted by molar-refractivity contribution is 5.92. The van der Waals surface area contributed by atoms with Gasteiger partial charge < -0.3 is 15.4 Å². The highest BCUT2D eigenvalue weighted by Gasteiger charge is 2.33. The van der Waals surface area contributed by atoms with Crippen molar-refractivity contribution in [3.8, 4) is 0 Å². The maximum absolute atomic E-state index is 11.7. The summed E-state index contributed by atoms with van der Waals surface area (Å²) in [5.41, 5.74) is 0.639. The van der Waals surface area contributed by atoms with Gasteiger partial charge in [0.25, 0.3) is 5.69 Å². The molecular formula is C13H17N3O4. The first-order chi connectivity index (χ1) is 9.39. The number of anilines is 1. The molecule has 1 aliphatic rings. The number of nitrogens with one attached hydrogen (secondary N) is 2. The van der Waals surface area contributed by atoms with Gasteiger partial charge in [0.05, 0.1) is 10.5 Å². The zero-order valence-corrected chi connectivity index (χ0v) is 11.4. The lowest BCUT2D eigenvalue weighted by Gasteiger charge is -2.38. The van der Waals surface area contributed by atoms with Crippen molar-refractivity contribution in [2.24, 2.45) is 0 Å². The summed E-state index contributed by atoms with van der Waals surface area (Å²) in [5.74, 6) is -0.323. The van der Waals surface area contributed by atoms with Gasteiger partial charge in [-0.2, -0.15) is 0 Å². The zero-order valence-electron chi connectivity index (χ0n) is 11.4. The molecule has 0 radical (unpaired) electrons. The van der Waals surface area contributed by atoms with Crippen molar-refractivity contribution < 1.29 is 14.5 Å². The van der Waals surface area contributed by atoms with E-state index < -0.39 is 4.92 Å². The average molecular weight is 279 g/mol. The number of carbonyl (C=O) groups excluding carboxylic acids is 1. The highest BCUT2D eigenvalue weighted by Crippen LogP contribution is 2.22. The highest BCUT2D eigenvalue weighted by atomic mass is 16.6. The summed E-state index contributed by atoms with van der Waals surface area (Å²) in [6.07, 6.45) is 0. The van der Waals surface area contributed by atoms with E-state index in [0.717, 1.165) is 13.1 Å². The fourth-order valence-electron chi connectivity index (χ4n) is 1.90. The maximum Gasteiger partial charge on any atom is 0.274 e. The summed E-state index contributed by atoms with van der Waals surface area (Å²) in [4.78, 5) is 22.1. The molecule has 7 heteroatoms. The van der Waals surface area contributed by atoms with Crippen LogP contribution in [-0.2, 0) is 9.53 Å². The Labute approximate surface area is 116 Å². The Balaban J connectivity index is 1.94. The van der Waals surface area contributed by atoms with Crippen LogP contribution in [0.4, 0.5) is 11.4 Å². The number of nitrogens with zero attached hydrogens (tertiary/aromatic N) is 1. The van der Waals surface area contributed by atoms with Crippen LogP contribution >= 0.6 is 0 Å². The van der Waals surface area contributed by atoms with E-state index in [-0.39, 0.29) is 23.8 Å². The third kappa shape index (κ3) is 3.31. The van der Waals surface area contributed by atoms with Gasteiger partial charge in [-0.05, 0) is 19.9 Å². The minimum Gasteiger partial charge on any atom is -0.363 e. The van der Waals surface area contributed by atoms with Gasteiger partial charge in [-0.25, -0.2) is 0 Å². The van der Waals surface area contributed by atoms with Crippen LogP contribution < -0.4 is 10.6 Å². The van der Waals surface area contributed by atoms with Crippen LogP contribution in [0.1, 0.15) is 12.5 Å². The van der Waals surface area contributed by atoms with Crippen molar-refractivity contribution in [2.45, 2.75) is 19.4 Å². The smallest absolute Gasteiger partial charge is 0.274 e. The second kappa shape index (κ2) is 5.56. The second-order valence-corrected chi connectivity index (χ2v) is 5.15. The van der Waals surface area contributed by atoms with Crippen molar-refractivity contribution >= 4 is 17.3 Å². The molecule has 1 fully saturated rings. The summed E-state index contributed by atoms with van der Waals surface area (Å²) in [6.45, 7) is 4.94. The quantitative estimate of drug-likeness (QED) is 0.624. The fraction of sp³-hybridized carbons (Fsp3) is 0.462. The summed E-state index contributed by atoms with van der Waals surface area (Å²) >= 11 is 0. The molecule has 1 amide bonds. The van der Waals surface area contributed by atoms with Gasteiger partial charge in [-0.15, -0.1) is 0 Å². The monoisotopic (exact) mass is 279 g/mol. The van der Waals surface area contributed by atoms with E-state index in [4.69, 9.17) is 4.74 Å². The number of ether oxygens (including phenoxy) is 1. The van der Waals surface area contributed by atoms with E-state index >= 15 is 0 Å². The predicted octanol–water partition coefficient (Wildman–Crippen LogP) is 1.22. The van der Waals surface area contributed by atoms with Gasteiger partial charge in [-0.3, -0.25) is 14.9 Å². The van der Waals surface area contributed by atoms with Crippen molar-refractivity contribution in [3.63, 3.8) is 0 Å². The van der Waals surface area contributed by atoms with Crippen molar-refractivity contribution in [1.82, 2.24) is 5.32 Å². The second-order valence-electron chi connectivity index (χ2n) is 5.15. The standard InChI is InChI=1S/C13H17N3O4/c1-9-3-4-10(5-11(9)16(18)19)15-12(17)6-20-13(2)7-14-8-13/h3-5,14H,6-8H2,1-2H3,(H,15,17). The topological polar surface area (TPSA) is 93.5 Å². The van der Waals surface area contributed by atoms with Crippen molar-refractivity contribution in [2.75, 3.05) is 25.0 Å². The van der Waals surface area contributed by atoms with E-state index in [2.05, 4.69) is 10.6 Å². The summed E-state index contributed by atoms with van der Waals surface area (Å²) in [6, 6.07) is 4.58. The Hall–Kier alpha value is -1.99. The molecule has 108 valence electrons. The number of benzene rings is 1. The number of hydrogen-bond donors (Lipinski definition) is 2. The average Bonchev–Trinajstić information content (AvgIpc) is 2.36. The van der Waals surface area contributed by atoms with Gasteiger partial charge in [0.2, 0.25) is 5.91 Å². The van der Waals surface area contributed by atoms with E-state index in [1.165, 1.54) is 6.07 Å². The third-order valence-corrected chi connectivity index (χ3v) is 3.24. The fourth-order valence-corrected chi connectivity index (χ4v) is 1.90. The molecule has 2 N–H and O–H groups in total. The molecule has 20 heavy (non-hydrogen) atoms. The Morgan fingerprint density at radius 2 is 2.25 bits per heavy atom. The molecule has 0 saturated carbocycles. The van der Waals surface area contributed by atoms with Crippen LogP contribution in [0.25, 0.3) is 0 Å². The molecular weight excluding hydrogens is 262 g/mol. The molecule has 1 aromatic carbocycles. The van der Waals surface area contributed by atoms with Crippen molar-refractivity contribution in [3.05, 3.63) is 33.9 Å². The van der Waals surface area contributed by atoms with Gasteiger partial charge >= 0.3 is 0 Å². The molecule has 0 spiro atoms. The first-order valence-corrected chi connectivity index (χ1v) is 6.29. The number of carbonyl (C=O) groups is 1. The number of nitro benzene ring substituents is 1. The summed E-state index contributed by atoms with van der Waals surface area (Å²) in [5, 5.41) is 16.5. The van der Waals surface area contributed by atoms with Crippen LogP contribution in [0.15, 0.2) is 18.2 Å². The largest absolute Gasteiger partial charge is 0.363 e. The van der Waals surface area contributed by atoms with E-state index in [1.807, 2.05) is 6.92 Å². The summed E-state index contributed by atoms with van der Waals surface area (Å²) in [7, 11) is 0. The Bertz CT molecular complexity index is 540. The van der Waals surface area contributed by atoms with Crippen LogP contribution in [-0.4, -0.2) is 36.1 Å². The normalized spacial score (nSPS) is 16.3. The molecule has 0 unspecified atom stereocenters. The lowest BCUT2D eigenvalue weighted by molar-refractivity contribution is -0.385. The molecule has 0 aromatic heterocycles. The molecule has 2 rings (SSSR count). The minimum atomic E-state index is -0.470. The van der Waals surface area contributed by atoms with Crippen molar-refractivity contribution in [1.29, 1.82) is 0 Å². The lowest BCUT2D eigenvalue weighted by atomic mass is 10.0. The Kier molecular flexibility index (Phi) is 4.01. The maximum atomic E-state index is 11.7. The number of hydrogen-bond acceptors (Lipinski definition) is 5.